The van der Waals surface area contributed by atoms with Gasteiger partial charge in [0.1, 0.15) is 11.8 Å². The molecule has 0 saturated carbocycles. The number of hydrogen-bond donors (Lipinski definition) is 2. The molecule has 180 valence electrons. The van der Waals surface area contributed by atoms with Crippen molar-refractivity contribution in [2.24, 2.45) is 0 Å². The number of rotatable bonds is 6. The number of benzene rings is 3. The van der Waals surface area contributed by atoms with Gasteiger partial charge in [0, 0.05) is 29.1 Å². The summed E-state index contributed by atoms with van der Waals surface area (Å²) < 4.78 is 6.96. The Balaban J connectivity index is 1.60. The van der Waals surface area contributed by atoms with E-state index >= 15 is 0 Å². The molecule has 1 aliphatic rings. The summed E-state index contributed by atoms with van der Waals surface area (Å²) in [6.45, 7) is 1.79. The van der Waals surface area contributed by atoms with E-state index in [2.05, 4.69) is 15.6 Å². The number of anilines is 2. The molecule has 1 unspecified atom stereocenters. The van der Waals surface area contributed by atoms with E-state index < -0.39 is 11.0 Å². The number of nitrogens with zero attached hydrogens (tertiary/aromatic N) is 4. The third-order valence-electron chi connectivity index (χ3n) is 5.88. The lowest BCUT2D eigenvalue weighted by Gasteiger charge is -2.28. The van der Waals surface area contributed by atoms with Crippen LogP contribution in [0.4, 0.5) is 17.3 Å². The SMILES string of the molecule is COc1cccc(-c2nc3n(n2)C(c2ccc([N+](=O)[O-])cc2)C(C(=O)Nc2ccccc2)=C(C)N3)c1. The fourth-order valence-electron chi connectivity index (χ4n) is 4.14. The molecule has 36 heavy (non-hydrogen) atoms. The topological polar surface area (TPSA) is 124 Å². The number of hydrogen-bond acceptors (Lipinski definition) is 7. The van der Waals surface area contributed by atoms with Gasteiger partial charge in [0.15, 0.2) is 5.82 Å². The number of carbonyl (C=O) groups excluding carboxylic acids is 1. The lowest BCUT2D eigenvalue weighted by molar-refractivity contribution is -0.384. The molecule has 0 fully saturated rings. The lowest BCUT2D eigenvalue weighted by atomic mass is 9.95. The maximum absolute atomic E-state index is 13.5. The molecule has 3 aromatic carbocycles. The Hall–Kier alpha value is -4.99. The Labute approximate surface area is 206 Å². The second-order valence-electron chi connectivity index (χ2n) is 8.17. The fraction of sp³-hybridized carbons (Fsp3) is 0.115. The molecule has 10 nitrogen and oxygen atoms in total. The minimum atomic E-state index is -0.669. The largest absolute Gasteiger partial charge is 0.497 e. The first-order valence-corrected chi connectivity index (χ1v) is 11.1. The molecule has 2 heterocycles. The van der Waals surface area contributed by atoms with Crippen LogP contribution in [0.2, 0.25) is 0 Å². The predicted molar refractivity (Wildman–Crippen MR) is 135 cm³/mol. The van der Waals surface area contributed by atoms with Crippen LogP contribution in [-0.4, -0.2) is 32.7 Å². The predicted octanol–water partition coefficient (Wildman–Crippen LogP) is 4.79. The van der Waals surface area contributed by atoms with Crippen molar-refractivity contribution < 1.29 is 14.5 Å². The van der Waals surface area contributed by atoms with Crippen LogP contribution in [0.1, 0.15) is 18.5 Å². The zero-order chi connectivity index (χ0) is 25.2. The number of ether oxygens (including phenoxy) is 1. The Morgan fingerprint density at radius 2 is 1.83 bits per heavy atom. The molecule has 4 aromatic rings. The van der Waals surface area contributed by atoms with E-state index in [9.17, 15) is 14.9 Å². The van der Waals surface area contributed by atoms with E-state index in [1.807, 2.05) is 42.5 Å². The van der Waals surface area contributed by atoms with Crippen molar-refractivity contribution >= 4 is 23.2 Å². The quantitative estimate of drug-likeness (QED) is 0.299. The molecule has 5 rings (SSSR count). The van der Waals surface area contributed by atoms with Gasteiger partial charge in [-0.3, -0.25) is 14.9 Å². The van der Waals surface area contributed by atoms with Crippen molar-refractivity contribution in [2.45, 2.75) is 13.0 Å². The van der Waals surface area contributed by atoms with Crippen molar-refractivity contribution in [3.63, 3.8) is 0 Å². The normalized spacial score (nSPS) is 14.6. The number of para-hydroxylation sites is 1. The number of nitro benzene ring substituents is 1. The maximum Gasteiger partial charge on any atom is 0.269 e. The number of allylic oxidation sites excluding steroid dienone is 1. The number of aromatic nitrogens is 3. The van der Waals surface area contributed by atoms with E-state index in [-0.39, 0.29) is 11.6 Å². The van der Waals surface area contributed by atoms with Gasteiger partial charge in [-0.25, -0.2) is 4.68 Å². The molecule has 1 aliphatic heterocycles. The Kier molecular flexibility index (Phi) is 5.91. The summed E-state index contributed by atoms with van der Waals surface area (Å²) in [5.74, 6) is 1.24. The second-order valence-corrected chi connectivity index (χ2v) is 8.17. The van der Waals surface area contributed by atoms with Crippen LogP contribution < -0.4 is 15.4 Å². The van der Waals surface area contributed by atoms with Crippen LogP contribution in [0.25, 0.3) is 11.4 Å². The smallest absolute Gasteiger partial charge is 0.269 e. The van der Waals surface area contributed by atoms with Crippen molar-refractivity contribution in [2.75, 3.05) is 17.7 Å². The van der Waals surface area contributed by atoms with Crippen LogP contribution in [0.3, 0.4) is 0 Å². The van der Waals surface area contributed by atoms with Crippen molar-refractivity contribution in [1.29, 1.82) is 0 Å². The first-order chi connectivity index (χ1) is 17.4. The third kappa shape index (κ3) is 4.27. The molecule has 0 saturated heterocycles. The highest BCUT2D eigenvalue weighted by atomic mass is 16.6. The van der Waals surface area contributed by atoms with E-state index in [0.717, 1.165) is 5.56 Å². The Morgan fingerprint density at radius 1 is 1.08 bits per heavy atom. The van der Waals surface area contributed by atoms with Gasteiger partial charge in [-0.2, -0.15) is 4.98 Å². The summed E-state index contributed by atoms with van der Waals surface area (Å²) in [6.07, 6.45) is 0. The number of carbonyl (C=O) groups is 1. The number of fused-ring (bicyclic) bond motifs is 1. The van der Waals surface area contributed by atoms with Crippen LogP contribution in [0.5, 0.6) is 5.75 Å². The number of nitro groups is 1. The summed E-state index contributed by atoms with van der Waals surface area (Å²) in [7, 11) is 1.59. The van der Waals surface area contributed by atoms with Crippen molar-refractivity contribution in [3.8, 4) is 17.1 Å². The summed E-state index contributed by atoms with van der Waals surface area (Å²) in [5, 5.41) is 22.1. The zero-order valence-corrected chi connectivity index (χ0v) is 19.5. The van der Waals surface area contributed by atoms with Gasteiger partial charge in [-0.15, -0.1) is 5.10 Å². The van der Waals surface area contributed by atoms with E-state index in [0.29, 0.717) is 40.0 Å². The first-order valence-electron chi connectivity index (χ1n) is 11.1. The molecule has 2 N–H and O–H groups in total. The van der Waals surface area contributed by atoms with Gasteiger partial charge >= 0.3 is 0 Å². The van der Waals surface area contributed by atoms with Gasteiger partial charge in [0.25, 0.3) is 11.6 Å². The molecule has 0 aliphatic carbocycles. The van der Waals surface area contributed by atoms with Crippen molar-refractivity contribution in [3.05, 3.63) is 106 Å². The highest BCUT2D eigenvalue weighted by Gasteiger charge is 2.34. The molecule has 1 amide bonds. The molecule has 0 spiro atoms. The average Bonchev–Trinajstić information content (AvgIpc) is 3.32. The van der Waals surface area contributed by atoms with Gasteiger partial charge in [-0.05, 0) is 48.9 Å². The zero-order valence-electron chi connectivity index (χ0n) is 19.5. The van der Waals surface area contributed by atoms with Gasteiger partial charge < -0.3 is 15.4 Å². The number of non-ortho nitro benzene ring substituents is 1. The van der Waals surface area contributed by atoms with E-state index in [4.69, 9.17) is 9.84 Å². The number of methoxy groups -OCH3 is 1. The molecular weight excluding hydrogens is 460 g/mol. The maximum atomic E-state index is 13.5. The summed E-state index contributed by atoms with van der Waals surface area (Å²) in [5.41, 5.74) is 3.02. The Morgan fingerprint density at radius 3 is 2.53 bits per heavy atom. The van der Waals surface area contributed by atoms with Crippen molar-refractivity contribution in [1.82, 2.24) is 14.8 Å². The lowest BCUT2D eigenvalue weighted by Crippen LogP contribution is -2.31. The summed E-state index contributed by atoms with van der Waals surface area (Å²) in [4.78, 5) is 28.9. The average molecular weight is 483 g/mol. The number of amides is 1. The van der Waals surface area contributed by atoms with E-state index in [1.54, 1.807) is 43.0 Å². The first kappa shape index (κ1) is 22.8. The molecule has 0 radical (unpaired) electrons. The number of nitrogens with one attached hydrogen (secondary N) is 2. The monoisotopic (exact) mass is 482 g/mol. The summed E-state index contributed by atoms with van der Waals surface area (Å²) >= 11 is 0. The Bertz CT molecular complexity index is 1480. The molecule has 0 bridgehead atoms. The van der Waals surface area contributed by atoms with Crippen LogP contribution >= 0.6 is 0 Å². The highest BCUT2D eigenvalue weighted by Crippen LogP contribution is 2.37. The van der Waals surface area contributed by atoms with E-state index in [1.165, 1.54) is 12.1 Å². The van der Waals surface area contributed by atoms with Crippen LogP contribution in [0, 0.1) is 10.1 Å². The van der Waals surface area contributed by atoms with Gasteiger partial charge in [0.05, 0.1) is 17.6 Å². The summed E-state index contributed by atoms with van der Waals surface area (Å²) in [6, 6.07) is 21.9. The van der Waals surface area contributed by atoms with Crippen LogP contribution in [-0.2, 0) is 4.79 Å². The fourth-order valence-corrected chi connectivity index (χ4v) is 4.14. The highest BCUT2D eigenvalue weighted by molar-refractivity contribution is 6.06. The molecule has 10 heteroatoms. The second kappa shape index (κ2) is 9.34. The van der Waals surface area contributed by atoms with Crippen LogP contribution in [0.15, 0.2) is 90.1 Å². The minimum Gasteiger partial charge on any atom is -0.497 e. The van der Waals surface area contributed by atoms with Gasteiger partial charge in [0.2, 0.25) is 5.95 Å². The molecule has 1 atom stereocenters. The van der Waals surface area contributed by atoms with Gasteiger partial charge in [-0.1, -0.05) is 30.3 Å². The third-order valence-corrected chi connectivity index (χ3v) is 5.88. The molecule has 1 aromatic heterocycles. The minimum absolute atomic E-state index is 0.0421. The standard InChI is InChI=1S/C26H22N6O4/c1-16-22(25(33)28-19-8-4-3-5-9-19)23(17-11-13-20(14-12-17)32(34)35)31-26(27-16)29-24(30-31)18-7-6-10-21(15-18)36-2/h3-15,23H,1-2H3,(H,28,33)(H,27,29,30). The molecular formula is C26H22N6O4.